The van der Waals surface area contributed by atoms with Crippen LogP contribution in [0.1, 0.15) is 44.1 Å². The van der Waals surface area contributed by atoms with E-state index in [0.29, 0.717) is 12.5 Å². The number of nitrogens with one attached hydrogen (secondary N) is 1. The highest BCUT2D eigenvalue weighted by Gasteiger charge is 2.20. The summed E-state index contributed by atoms with van der Waals surface area (Å²) in [4.78, 5) is 18.9. The maximum atomic E-state index is 5.23. The van der Waals surface area contributed by atoms with E-state index in [-0.39, 0.29) is 0 Å². The molecule has 2 saturated heterocycles. The first-order valence-electron chi connectivity index (χ1n) is 10.4. The minimum absolute atomic E-state index is 0.659. The molecule has 0 unspecified atom stereocenters. The highest BCUT2D eigenvalue weighted by molar-refractivity contribution is 5.46. The fraction of sp³-hybridized carbons (Fsp3) is 0.571. The lowest BCUT2D eigenvalue weighted by atomic mass is 10.1. The Morgan fingerprint density at radius 3 is 1.82 bits per heavy atom. The minimum atomic E-state index is 0.659. The van der Waals surface area contributed by atoms with Gasteiger partial charge in [0, 0.05) is 32.7 Å². The summed E-state index contributed by atoms with van der Waals surface area (Å²) in [6, 6.07) is 8.07. The van der Waals surface area contributed by atoms with Crippen LogP contribution in [0.25, 0.3) is 0 Å². The van der Waals surface area contributed by atoms with Crippen LogP contribution in [0.2, 0.25) is 0 Å². The van der Waals surface area contributed by atoms with E-state index >= 15 is 0 Å². The predicted molar refractivity (Wildman–Crippen MR) is 112 cm³/mol. The molecule has 7 nitrogen and oxygen atoms in total. The summed E-state index contributed by atoms with van der Waals surface area (Å²) in [7, 11) is 1.68. The second-order valence-corrected chi connectivity index (χ2v) is 7.56. The van der Waals surface area contributed by atoms with Gasteiger partial charge in [-0.25, -0.2) is 0 Å². The van der Waals surface area contributed by atoms with Crippen molar-refractivity contribution in [1.82, 2.24) is 15.0 Å². The number of hydrogen-bond acceptors (Lipinski definition) is 7. The minimum Gasteiger partial charge on any atom is -0.497 e. The lowest BCUT2D eigenvalue weighted by Crippen LogP contribution is -2.34. The molecule has 2 aliphatic rings. The van der Waals surface area contributed by atoms with E-state index in [9.17, 15) is 0 Å². The van der Waals surface area contributed by atoms with Crippen LogP contribution >= 0.6 is 0 Å². The average Bonchev–Trinajstić information content (AvgIpc) is 2.79. The van der Waals surface area contributed by atoms with Crippen LogP contribution in [0.15, 0.2) is 24.3 Å². The number of ether oxygens (including phenoxy) is 1. The van der Waals surface area contributed by atoms with E-state index in [1.54, 1.807) is 7.11 Å². The zero-order valence-electron chi connectivity index (χ0n) is 16.7. The highest BCUT2D eigenvalue weighted by Crippen LogP contribution is 2.23. The van der Waals surface area contributed by atoms with Crippen molar-refractivity contribution in [3.05, 3.63) is 29.8 Å². The molecule has 0 bridgehead atoms. The van der Waals surface area contributed by atoms with Gasteiger partial charge in [0.05, 0.1) is 7.11 Å². The third-order valence-electron chi connectivity index (χ3n) is 5.50. The Labute approximate surface area is 167 Å². The molecule has 0 saturated carbocycles. The molecule has 0 spiro atoms. The number of nitrogens with zero attached hydrogens (tertiary/aromatic N) is 5. The Kier molecular flexibility index (Phi) is 6.09. The fourth-order valence-corrected chi connectivity index (χ4v) is 3.83. The van der Waals surface area contributed by atoms with Gasteiger partial charge in [-0.05, 0) is 56.2 Å². The first-order chi connectivity index (χ1) is 13.8. The van der Waals surface area contributed by atoms with Gasteiger partial charge in [-0.2, -0.15) is 15.0 Å². The average molecular weight is 383 g/mol. The van der Waals surface area contributed by atoms with Gasteiger partial charge in [0.1, 0.15) is 5.75 Å². The van der Waals surface area contributed by atoms with Gasteiger partial charge in [-0.1, -0.05) is 12.1 Å². The van der Waals surface area contributed by atoms with Crippen LogP contribution in [0.3, 0.4) is 0 Å². The van der Waals surface area contributed by atoms with Crippen molar-refractivity contribution in [2.24, 2.45) is 0 Å². The van der Waals surface area contributed by atoms with Crippen molar-refractivity contribution in [2.75, 3.05) is 48.4 Å². The molecule has 3 heterocycles. The van der Waals surface area contributed by atoms with Crippen molar-refractivity contribution in [1.29, 1.82) is 0 Å². The number of rotatable bonds is 6. The van der Waals surface area contributed by atoms with Crippen LogP contribution < -0.4 is 19.9 Å². The molecular formula is C21H30N6O. The Morgan fingerprint density at radius 2 is 1.32 bits per heavy atom. The van der Waals surface area contributed by atoms with Crippen LogP contribution in [-0.2, 0) is 6.54 Å². The zero-order chi connectivity index (χ0) is 19.2. The Bertz CT molecular complexity index is 718. The first-order valence-corrected chi connectivity index (χ1v) is 10.4. The molecular weight excluding hydrogens is 352 g/mol. The van der Waals surface area contributed by atoms with Gasteiger partial charge in [0.2, 0.25) is 17.8 Å². The zero-order valence-corrected chi connectivity index (χ0v) is 16.7. The topological polar surface area (TPSA) is 66.4 Å². The van der Waals surface area contributed by atoms with E-state index in [1.165, 1.54) is 44.1 Å². The third kappa shape index (κ3) is 4.64. The van der Waals surface area contributed by atoms with Crippen LogP contribution in [-0.4, -0.2) is 48.2 Å². The second-order valence-electron chi connectivity index (χ2n) is 7.56. The van der Waals surface area contributed by atoms with Crippen LogP contribution in [0, 0.1) is 0 Å². The van der Waals surface area contributed by atoms with Gasteiger partial charge in [-0.15, -0.1) is 0 Å². The molecule has 1 N–H and O–H groups in total. The lowest BCUT2D eigenvalue weighted by Gasteiger charge is -2.30. The van der Waals surface area contributed by atoms with Crippen molar-refractivity contribution in [3.8, 4) is 5.75 Å². The van der Waals surface area contributed by atoms with E-state index in [1.807, 2.05) is 12.1 Å². The summed E-state index contributed by atoms with van der Waals surface area (Å²) in [5.74, 6) is 3.15. The van der Waals surface area contributed by atoms with Crippen molar-refractivity contribution >= 4 is 17.8 Å². The van der Waals surface area contributed by atoms with E-state index < -0.39 is 0 Å². The molecule has 150 valence electrons. The monoisotopic (exact) mass is 382 g/mol. The maximum absolute atomic E-state index is 5.23. The summed E-state index contributed by atoms with van der Waals surface area (Å²) in [6.07, 6.45) is 7.42. The SMILES string of the molecule is COc1ccc(CNc2nc(N3CCCCC3)nc(N3CCCCC3)n2)cc1. The number of hydrogen-bond donors (Lipinski definition) is 1. The highest BCUT2D eigenvalue weighted by atomic mass is 16.5. The normalized spacial score (nSPS) is 17.5. The van der Waals surface area contributed by atoms with Crippen LogP contribution in [0.5, 0.6) is 5.75 Å². The summed E-state index contributed by atoms with van der Waals surface area (Å²) in [5.41, 5.74) is 1.17. The smallest absolute Gasteiger partial charge is 0.231 e. The van der Waals surface area contributed by atoms with Crippen molar-refractivity contribution in [3.63, 3.8) is 0 Å². The number of anilines is 3. The number of benzene rings is 1. The summed E-state index contributed by atoms with van der Waals surface area (Å²) >= 11 is 0. The third-order valence-corrected chi connectivity index (χ3v) is 5.50. The summed E-state index contributed by atoms with van der Waals surface area (Å²) in [5, 5.41) is 3.40. The quantitative estimate of drug-likeness (QED) is 0.820. The van der Waals surface area contributed by atoms with Gasteiger partial charge in [-0.3, -0.25) is 0 Å². The van der Waals surface area contributed by atoms with Gasteiger partial charge in [0.25, 0.3) is 0 Å². The molecule has 0 aliphatic carbocycles. The first kappa shape index (κ1) is 18.8. The van der Waals surface area contributed by atoms with Gasteiger partial charge >= 0.3 is 0 Å². The lowest BCUT2D eigenvalue weighted by molar-refractivity contribution is 0.414. The van der Waals surface area contributed by atoms with E-state index in [0.717, 1.165) is 43.8 Å². The molecule has 2 aromatic rings. The molecule has 0 atom stereocenters. The number of piperidine rings is 2. The van der Waals surface area contributed by atoms with E-state index in [2.05, 4.69) is 27.2 Å². The molecule has 2 aliphatic heterocycles. The summed E-state index contributed by atoms with van der Waals surface area (Å²) < 4.78 is 5.23. The molecule has 7 heteroatoms. The molecule has 4 rings (SSSR count). The van der Waals surface area contributed by atoms with Crippen LogP contribution in [0.4, 0.5) is 17.8 Å². The predicted octanol–water partition coefficient (Wildman–Crippen LogP) is 3.47. The Hall–Kier alpha value is -2.57. The fourth-order valence-electron chi connectivity index (χ4n) is 3.83. The molecule has 2 fully saturated rings. The standard InChI is InChI=1S/C21H30N6O/c1-28-18-10-8-17(9-11-18)16-22-19-23-20(26-12-4-2-5-13-26)25-21(24-19)27-14-6-3-7-15-27/h8-11H,2-7,12-16H2,1H3,(H,22,23,24,25). The van der Waals surface area contributed by atoms with Crippen molar-refractivity contribution in [2.45, 2.75) is 45.1 Å². The number of aromatic nitrogens is 3. The Morgan fingerprint density at radius 1 is 0.786 bits per heavy atom. The Balaban J connectivity index is 1.53. The molecule has 1 aromatic heterocycles. The molecule has 0 radical (unpaired) electrons. The van der Waals surface area contributed by atoms with Crippen molar-refractivity contribution < 1.29 is 4.74 Å². The maximum Gasteiger partial charge on any atom is 0.231 e. The molecule has 28 heavy (non-hydrogen) atoms. The molecule has 1 aromatic carbocycles. The largest absolute Gasteiger partial charge is 0.497 e. The van der Waals surface area contributed by atoms with E-state index in [4.69, 9.17) is 19.7 Å². The van der Waals surface area contributed by atoms with Gasteiger partial charge < -0.3 is 19.9 Å². The second kappa shape index (κ2) is 9.08. The number of methoxy groups -OCH3 is 1. The molecule has 0 amide bonds. The van der Waals surface area contributed by atoms with Gasteiger partial charge in [0.15, 0.2) is 0 Å². The summed E-state index contributed by atoms with van der Waals surface area (Å²) in [6.45, 7) is 4.79.